The van der Waals surface area contributed by atoms with Crippen LogP contribution in [0.5, 0.6) is 0 Å². The molecule has 1 aliphatic rings. The Morgan fingerprint density at radius 2 is 0.923 bits per heavy atom. The summed E-state index contributed by atoms with van der Waals surface area (Å²) in [7, 11) is 0. The normalized spacial score (nSPS) is 13.3. The molecule has 0 N–H and O–H groups in total. The highest BCUT2D eigenvalue weighted by molar-refractivity contribution is 6.22. The van der Waals surface area contributed by atoms with E-state index in [0.29, 0.717) is 0 Å². The SMILES string of the molecule is CC1(C)c2ccc(-c3ccc(-c4c5ccccc5c(-c5ccccc5)c5ccccc45)cc3)cc2-c2c1ccc1oc3c4ccccc4ccc3c21. The van der Waals surface area contributed by atoms with E-state index in [4.69, 9.17) is 4.42 Å². The molecular formula is C51H34O. The molecular weight excluding hydrogens is 629 g/mol. The van der Waals surface area contributed by atoms with Crippen LogP contribution in [0.4, 0.5) is 0 Å². The fourth-order valence-corrected chi connectivity index (χ4v) is 9.20. The average molecular weight is 663 g/mol. The van der Waals surface area contributed by atoms with E-state index in [1.807, 2.05) is 0 Å². The second-order valence-corrected chi connectivity index (χ2v) is 14.8. The second kappa shape index (κ2) is 10.8. The minimum Gasteiger partial charge on any atom is -0.455 e. The van der Waals surface area contributed by atoms with Crippen molar-refractivity contribution in [1.82, 2.24) is 0 Å². The molecule has 52 heavy (non-hydrogen) atoms. The van der Waals surface area contributed by atoms with Gasteiger partial charge in [-0.1, -0.05) is 166 Å². The monoisotopic (exact) mass is 662 g/mol. The lowest BCUT2D eigenvalue weighted by atomic mass is 9.82. The molecule has 0 fully saturated rings. The zero-order valence-electron chi connectivity index (χ0n) is 29.1. The van der Waals surface area contributed by atoms with Crippen LogP contribution in [0, 0.1) is 0 Å². The molecule has 0 saturated carbocycles. The number of hydrogen-bond donors (Lipinski definition) is 0. The van der Waals surface area contributed by atoms with Gasteiger partial charge in [-0.2, -0.15) is 0 Å². The van der Waals surface area contributed by atoms with Crippen molar-refractivity contribution < 1.29 is 4.42 Å². The Labute approximate surface area is 302 Å². The van der Waals surface area contributed by atoms with Crippen LogP contribution in [0.1, 0.15) is 25.0 Å². The summed E-state index contributed by atoms with van der Waals surface area (Å²) in [5, 5.41) is 9.85. The number of hydrogen-bond acceptors (Lipinski definition) is 1. The molecule has 10 aromatic rings. The summed E-state index contributed by atoms with van der Waals surface area (Å²) in [5.41, 5.74) is 14.6. The minimum atomic E-state index is -0.115. The summed E-state index contributed by atoms with van der Waals surface area (Å²) in [4.78, 5) is 0. The van der Waals surface area contributed by atoms with Crippen molar-refractivity contribution in [3.05, 3.63) is 181 Å². The van der Waals surface area contributed by atoms with Gasteiger partial charge in [0.25, 0.3) is 0 Å². The van der Waals surface area contributed by atoms with Gasteiger partial charge in [0.1, 0.15) is 11.2 Å². The van der Waals surface area contributed by atoms with Crippen LogP contribution in [0.25, 0.3) is 98.8 Å². The topological polar surface area (TPSA) is 13.1 Å². The minimum absolute atomic E-state index is 0.115. The first-order valence-electron chi connectivity index (χ1n) is 18.2. The van der Waals surface area contributed by atoms with E-state index in [1.54, 1.807) is 0 Å². The fourth-order valence-electron chi connectivity index (χ4n) is 9.20. The first-order chi connectivity index (χ1) is 25.6. The third-order valence-corrected chi connectivity index (χ3v) is 11.7. The molecule has 0 unspecified atom stereocenters. The van der Waals surface area contributed by atoms with Crippen molar-refractivity contribution in [2.45, 2.75) is 19.3 Å². The Kier molecular flexibility index (Phi) is 6.08. The molecule has 1 nitrogen and oxygen atoms in total. The molecule has 0 saturated heterocycles. The van der Waals surface area contributed by atoms with Gasteiger partial charge in [-0.3, -0.25) is 0 Å². The molecule has 11 rings (SSSR count). The molecule has 0 spiro atoms. The van der Waals surface area contributed by atoms with E-state index < -0.39 is 0 Å². The Morgan fingerprint density at radius 1 is 0.385 bits per heavy atom. The summed E-state index contributed by atoms with van der Waals surface area (Å²) >= 11 is 0. The summed E-state index contributed by atoms with van der Waals surface area (Å²) < 4.78 is 6.64. The first-order valence-corrected chi connectivity index (χ1v) is 18.2. The van der Waals surface area contributed by atoms with Crippen LogP contribution in [-0.4, -0.2) is 0 Å². The highest BCUT2D eigenvalue weighted by Crippen LogP contribution is 2.54. The fraction of sp³-hybridized carbons (Fsp3) is 0.0588. The van der Waals surface area contributed by atoms with E-state index in [0.717, 1.165) is 16.6 Å². The molecule has 1 heteroatoms. The Balaban J connectivity index is 1.07. The van der Waals surface area contributed by atoms with E-state index >= 15 is 0 Å². The first kappa shape index (κ1) is 29.3. The highest BCUT2D eigenvalue weighted by Gasteiger charge is 2.37. The maximum absolute atomic E-state index is 6.64. The molecule has 0 amide bonds. The van der Waals surface area contributed by atoms with Gasteiger partial charge in [-0.25, -0.2) is 0 Å². The average Bonchev–Trinajstić information content (AvgIpc) is 3.69. The van der Waals surface area contributed by atoms with Gasteiger partial charge < -0.3 is 4.42 Å². The maximum atomic E-state index is 6.64. The van der Waals surface area contributed by atoms with E-state index in [1.165, 1.54) is 93.3 Å². The predicted molar refractivity (Wildman–Crippen MR) is 220 cm³/mol. The smallest absolute Gasteiger partial charge is 0.143 e. The van der Waals surface area contributed by atoms with Gasteiger partial charge in [0, 0.05) is 21.6 Å². The molecule has 0 atom stereocenters. The summed E-state index contributed by atoms with van der Waals surface area (Å²) in [6.07, 6.45) is 0. The number of furan rings is 1. The van der Waals surface area contributed by atoms with Crippen LogP contribution in [0.15, 0.2) is 174 Å². The third kappa shape index (κ3) is 4.05. The van der Waals surface area contributed by atoms with Crippen LogP contribution in [-0.2, 0) is 5.41 Å². The zero-order valence-corrected chi connectivity index (χ0v) is 29.1. The molecule has 9 aromatic carbocycles. The largest absolute Gasteiger partial charge is 0.455 e. The molecule has 0 radical (unpaired) electrons. The maximum Gasteiger partial charge on any atom is 0.143 e. The lowest BCUT2D eigenvalue weighted by Crippen LogP contribution is -2.14. The molecule has 1 heterocycles. The number of rotatable bonds is 3. The van der Waals surface area contributed by atoms with Gasteiger partial charge in [-0.05, 0) is 101 Å². The molecule has 1 aromatic heterocycles. The molecule has 0 aliphatic heterocycles. The van der Waals surface area contributed by atoms with Crippen molar-refractivity contribution in [1.29, 1.82) is 0 Å². The van der Waals surface area contributed by atoms with Crippen molar-refractivity contribution in [3.63, 3.8) is 0 Å². The predicted octanol–water partition coefficient (Wildman–Crippen LogP) is 14.4. The van der Waals surface area contributed by atoms with Crippen LogP contribution in [0.3, 0.4) is 0 Å². The van der Waals surface area contributed by atoms with Crippen molar-refractivity contribution >= 4 is 54.3 Å². The van der Waals surface area contributed by atoms with E-state index in [-0.39, 0.29) is 5.41 Å². The van der Waals surface area contributed by atoms with Gasteiger partial charge in [0.05, 0.1) is 0 Å². The highest BCUT2D eigenvalue weighted by atomic mass is 16.3. The van der Waals surface area contributed by atoms with E-state index in [9.17, 15) is 0 Å². The third-order valence-electron chi connectivity index (χ3n) is 11.7. The zero-order chi connectivity index (χ0) is 34.6. The number of benzene rings is 9. The van der Waals surface area contributed by atoms with Gasteiger partial charge in [-0.15, -0.1) is 0 Å². The summed E-state index contributed by atoms with van der Waals surface area (Å²) in [6, 6.07) is 62.3. The Morgan fingerprint density at radius 3 is 1.60 bits per heavy atom. The quantitative estimate of drug-likeness (QED) is 0.172. The van der Waals surface area contributed by atoms with Crippen molar-refractivity contribution in [2.24, 2.45) is 0 Å². The van der Waals surface area contributed by atoms with Gasteiger partial charge in [0.15, 0.2) is 0 Å². The number of fused-ring (bicyclic) bond motifs is 11. The Bertz CT molecular complexity index is 3010. The standard InChI is InChI=1S/C51H34O/c1-51(2)43-27-25-35(30-42(43)48-44(51)28-29-45-49(48)41-26-24-32-12-6-7-15-36(32)50(41)52-45)31-20-22-34(23-21-31)47-39-18-10-8-16-37(39)46(33-13-4-3-5-14-33)38-17-9-11-19-40(38)47/h3-30H,1-2H3. The van der Waals surface area contributed by atoms with Crippen molar-refractivity contribution in [3.8, 4) is 44.5 Å². The summed E-state index contributed by atoms with van der Waals surface area (Å²) in [5.74, 6) is 0. The molecule has 1 aliphatic carbocycles. The van der Waals surface area contributed by atoms with Crippen molar-refractivity contribution in [2.75, 3.05) is 0 Å². The van der Waals surface area contributed by atoms with Crippen LogP contribution in [0.2, 0.25) is 0 Å². The van der Waals surface area contributed by atoms with Gasteiger partial charge >= 0.3 is 0 Å². The molecule has 244 valence electrons. The van der Waals surface area contributed by atoms with E-state index in [2.05, 4.69) is 184 Å². The lowest BCUT2D eigenvalue weighted by Gasteiger charge is -2.21. The Hall–Kier alpha value is -6.44. The van der Waals surface area contributed by atoms with Crippen LogP contribution >= 0.6 is 0 Å². The molecule has 0 bridgehead atoms. The van der Waals surface area contributed by atoms with Crippen LogP contribution < -0.4 is 0 Å². The lowest BCUT2D eigenvalue weighted by molar-refractivity contribution is 0.657. The summed E-state index contributed by atoms with van der Waals surface area (Å²) in [6.45, 7) is 4.71. The second-order valence-electron chi connectivity index (χ2n) is 14.8. The van der Waals surface area contributed by atoms with Gasteiger partial charge in [0.2, 0.25) is 0 Å².